The Hall–Kier alpha value is -0.0538. The molecule has 0 bridgehead atoms. The molecule has 0 heterocycles. The molecule has 0 saturated carbocycles. The highest BCUT2D eigenvalue weighted by atomic mass is 24.4. The fourth-order valence-electron chi connectivity index (χ4n) is 0.610. The van der Waals surface area contributed by atoms with E-state index in [4.69, 9.17) is 5.11 Å². The van der Waals surface area contributed by atoms with E-state index in [1.165, 1.54) is 9.26 Å². The Bertz CT molecular complexity index is 165. The third-order valence-corrected chi connectivity index (χ3v) is 2.05. The third kappa shape index (κ3) is 3.20. The molecule has 7 radical (unpaired) electrons. The zero-order chi connectivity index (χ0) is 7.98. The molecule has 0 aromatic heterocycles. The topological polar surface area (TPSA) is 20.2 Å². The van der Waals surface area contributed by atoms with Gasteiger partial charge in [0.15, 0.2) is 0 Å². The molecule has 0 saturated heterocycles. The van der Waals surface area contributed by atoms with Crippen LogP contribution in [0.15, 0.2) is 24.3 Å². The molecule has 1 aromatic carbocycles. The summed E-state index contributed by atoms with van der Waals surface area (Å²) in [5, 5.41) is 7.00. The maximum atomic E-state index is 7.00. The van der Waals surface area contributed by atoms with Crippen LogP contribution in [-0.4, -0.2) is 33.9 Å². The van der Waals surface area contributed by atoms with Crippen molar-refractivity contribution in [3.05, 3.63) is 29.8 Å². The first-order chi connectivity index (χ1) is 4.80. The zero-order valence-corrected chi connectivity index (χ0v) is 7.88. The van der Waals surface area contributed by atoms with Crippen LogP contribution in [0, 0.1) is 6.92 Å². The first-order valence-corrected chi connectivity index (χ1v) is 3.84. The number of benzene rings is 1. The van der Waals surface area contributed by atoms with Crippen molar-refractivity contribution in [1.29, 1.82) is 0 Å². The molecule has 2 heteroatoms. The number of hydrogen-bond donors (Lipinski definition) is 1. The molecule has 1 N–H and O–H groups in total. The largest absolute Gasteiger partial charge is 1.47 e. The molecule has 0 spiro atoms. The first kappa shape index (κ1) is 9.95. The van der Waals surface area contributed by atoms with Crippen molar-refractivity contribution < 1.29 is 5.11 Å². The maximum Gasteiger partial charge on any atom is 1.47 e. The molecule has 0 fully saturated rings. The molecule has 0 unspecified atom stereocenters. The lowest BCUT2D eigenvalue weighted by molar-refractivity contribution is 0.399. The number of aryl methyl sites for hydroxylation is 1. The summed E-state index contributed by atoms with van der Waals surface area (Å²) in [6.45, 7) is 2.13. The van der Waals surface area contributed by atoms with Crippen LogP contribution in [0.5, 0.6) is 0 Å². The standard InChI is InChI=1S/C7H7.CH4O.Mg/c1-7-5-3-2-4-6-7;1-2;/h2-5H,1H3;2H,1H3;/q;;+2. The summed E-state index contributed by atoms with van der Waals surface area (Å²) >= 11 is 1.93. The Morgan fingerprint density at radius 2 is 1.70 bits per heavy atom. The summed E-state index contributed by atoms with van der Waals surface area (Å²) in [5.41, 5.74) is 1.38. The van der Waals surface area contributed by atoms with Gasteiger partial charge in [-0.2, -0.15) is 0 Å². The van der Waals surface area contributed by atoms with Crippen LogP contribution in [0.4, 0.5) is 0 Å². The van der Waals surface area contributed by atoms with E-state index in [-0.39, 0.29) is 0 Å². The van der Waals surface area contributed by atoms with E-state index in [0.29, 0.717) is 0 Å². The molecular formula is C8H11MgO+2. The lowest BCUT2D eigenvalue weighted by Crippen LogP contribution is -2.04. The highest BCUT2D eigenvalue weighted by molar-refractivity contribution is 6.33. The summed E-state index contributed by atoms with van der Waals surface area (Å²) in [4.78, 5) is 0. The zero-order valence-electron chi connectivity index (χ0n) is 6.46. The van der Waals surface area contributed by atoms with Crippen LogP contribution in [0.1, 0.15) is 5.56 Å². The molecule has 1 aromatic rings. The Kier molecular flexibility index (Phi) is 5.68. The highest BCUT2D eigenvalue weighted by Gasteiger charge is 2.32. The maximum absolute atomic E-state index is 7.00. The smallest absolute Gasteiger partial charge is 0.400 e. The molecule has 49 valence electrons. The van der Waals surface area contributed by atoms with E-state index >= 15 is 0 Å². The van der Waals surface area contributed by atoms with Gasteiger partial charge in [0.25, 0.3) is 0 Å². The van der Waals surface area contributed by atoms with Crippen LogP contribution < -0.4 is 3.69 Å². The van der Waals surface area contributed by atoms with Crippen LogP contribution in [-0.2, 0) is 0 Å². The monoisotopic (exact) mass is 147 g/mol. The van der Waals surface area contributed by atoms with Crippen molar-refractivity contribution >= 4 is 25.4 Å². The van der Waals surface area contributed by atoms with E-state index in [1.54, 1.807) is 0 Å². The Labute approximate surface area is 74.5 Å². The van der Waals surface area contributed by atoms with E-state index in [2.05, 4.69) is 31.2 Å². The fraction of sp³-hybridized carbons (Fsp3) is 0.250. The van der Waals surface area contributed by atoms with Gasteiger partial charge < -0.3 is 5.11 Å². The van der Waals surface area contributed by atoms with E-state index in [0.717, 1.165) is 7.11 Å². The minimum Gasteiger partial charge on any atom is -0.400 e. The second-order valence-corrected chi connectivity index (χ2v) is 2.69. The summed E-state index contributed by atoms with van der Waals surface area (Å²) < 4.78 is 1.40. The highest BCUT2D eigenvalue weighted by Crippen LogP contribution is 1.88. The normalized spacial score (nSPS) is 8.00. The average molecular weight is 147 g/mol. The van der Waals surface area contributed by atoms with Gasteiger partial charge in [-0.15, -0.1) is 0 Å². The lowest BCUT2D eigenvalue weighted by atomic mass is 10.2. The van der Waals surface area contributed by atoms with Gasteiger partial charge in [0.1, 0.15) is 0 Å². The molecule has 1 rings (SSSR count). The van der Waals surface area contributed by atoms with Gasteiger partial charge >= 0.3 is 25.4 Å². The molecule has 0 atom stereocenters. The average Bonchev–Trinajstić information content (AvgIpc) is 2.00. The van der Waals surface area contributed by atoms with Gasteiger partial charge in [-0.05, 0) is 6.92 Å². The van der Waals surface area contributed by atoms with Crippen molar-refractivity contribution in [1.82, 2.24) is 0 Å². The van der Waals surface area contributed by atoms with Gasteiger partial charge in [-0.3, -0.25) is 0 Å². The van der Waals surface area contributed by atoms with E-state index in [1.807, 2.05) is 21.7 Å². The van der Waals surface area contributed by atoms with Gasteiger partial charge in [0.2, 0.25) is 0 Å². The van der Waals surface area contributed by atoms with Gasteiger partial charge in [-0.1, -0.05) is 18.2 Å². The Balaban J connectivity index is 0.000000371. The first-order valence-electron chi connectivity index (χ1n) is 3.13. The molecule has 0 aliphatic heterocycles. The quantitative estimate of drug-likeness (QED) is 0.527. The number of aliphatic hydroxyl groups is 1. The van der Waals surface area contributed by atoms with E-state index in [9.17, 15) is 0 Å². The number of aliphatic hydroxyl groups excluding tert-OH is 1. The van der Waals surface area contributed by atoms with Crippen molar-refractivity contribution in [2.45, 2.75) is 6.92 Å². The lowest BCUT2D eigenvalue weighted by Gasteiger charge is -1.77. The van der Waals surface area contributed by atoms with Crippen LogP contribution in [0.3, 0.4) is 0 Å². The molecule has 1 nitrogen and oxygen atoms in total. The van der Waals surface area contributed by atoms with Crippen molar-refractivity contribution in [3.63, 3.8) is 0 Å². The summed E-state index contributed by atoms with van der Waals surface area (Å²) in [7, 11) is 1.00. The minimum atomic E-state index is 1.00. The fourth-order valence-corrected chi connectivity index (χ4v) is 0.864. The minimum absolute atomic E-state index is 1.00. The van der Waals surface area contributed by atoms with Gasteiger partial charge in [-0.25, -0.2) is 0 Å². The van der Waals surface area contributed by atoms with Crippen molar-refractivity contribution in [2.75, 3.05) is 7.11 Å². The van der Waals surface area contributed by atoms with Crippen molar-refractivity contribution in [3.8, 4) is 0 Å². The SMILES string of the molecule is CO.Cc1cccc[c]1[Mg+2]. The Morgan fingerprint density at radius 3 is 2.00 bits per heavy atom. The second-order valence-electron chi connectivity index (χ2n) is 1.93. The van der Waals surface area contributed by atoms with Gasteiger partial charge in [0.05, 0.1) is 0 Å². The molecule has 10 heavy (non-hydrogen) atoms. The molecule has 0 aliphatic carbocycles. The summed E-state index contributed by atoms with van der Waals surface area (Å²) in [6, 6.07) is 8.39. The number of rotatable bonds is 0. The second kappa shape index (κ2) is 5.71. The van der Waals surface area contributed by atoms with Crippen LogP contribution in [0.2, 0.25) is 0 Å². The van der Waals surface area contributed by atoms with E-state index < -0.39 is 0 Å². The molecule has 0 amide bonds. The molecule has 0 aliphatic rings. The predicted molar refractivity (Wildman–Crippen MR) is 44.7 cm³/mol. The summed E-state index contributed by atoms with van der Waals surface area (Å²) in [6.07, 6.45) is 0. The number of hydrogen-bond acceptors (Lipinski definition) is 1. The van der Waals surface area contributed by atoms with Crippen molar-refractivity contribution in [2.24, 2.45) is 0 Å². The summed E-state index contributed by atoms with van der Waals surface area (Å²) in [5.74, 6) is 0. The molecular weight excluding hydrogens is 136 g/mol. The van der Waals surface area contributed by atoms with Gasteiger partial charge in [0, 0.05) is 18.7 Å². The van der Waals surface area contributed by atoms with Crippen LogP contribution in [0.25, 0.3) is 0 Å². The third-order valence-electron chi connectivity index (χ3n) is 1.26. The Morgan fingerprint density at radius 1 is 1.20 bits per heavy atom. The predicted octanol–water partition coefficient (Wildman–Crippen LogP) is 0.397. The van der Waals surface area contributed by atoms with Crippen LogP contribution >= 0.6 is 0 Å².